The Morgan fingerprint density at radius 2 is 1.41 bits per heavy atom. The van der Waals surface area contributed by atoms with Crippen LogP contribution in [-0.2, 0) is 4.74 Å². The topological polar surface area (TPSA) is 60.4 Å². The van der Waals surface area contributed by atoms with Gasteiger partial charge in [0.15, 0.2) is 0 Å². The minimum atomic E-state index is -1.33. The molecule has 4 nitrogen and oxygen atoms in total. The molecule has 0 aliphatic carbocycles. The van der Waals surface area contributed by atoms with E-state index in [0.717, 1.165) is 0 Å². The van der Waals surface area contributed by atoms with Crippen molar-refractivity contribution in [1.29, 1.82) is 0 Å². The molecule has 0 radical (unpaired) electrons. The van der Waals surface area contributed by atoms with Gasteiger partial charge in [-0.05, 0) is 0 Å². The Bertz CT molecular complexity index is 1120. The van der Waals surface area contributed by atoms with Crippen molar-refractivity contribution in [2.45, 2.75) is 28.6 Å². The standard InChI is InChI=1S/C26H21ClO4Se/c27-21-15-13-20(14-16-21)25(30)31-26(24(29)19-10-5-2-6-11-19)17-7-12-22(32-26)23(28)18-8-3-1-4-9-18/h1-6,8-11,13-16,22H,7,12,17H2. The number of ether oxygens (including phenoxy) is 1. The number of carbonyl (C=O) groups excluding carboxylic acids is 3. The summed E-state index contributed by atoms with van der Waals surface area (Å²) in [4.78, 5) is 39.5. The van der Waals surface area contributed by atoms with E-state index in [1.54, 1.807) is 60.7 Å². The zero-order valence-corrected chi connectivity index (χ0v) is 19.7. The summed E-state index contributed by atoms with van der Waals surface area (Å²) in [5.74, 6) is -0.829. The first-order valence-corrected chi connectivity index (χ1v) is 12.6. The fourth-order valence-corrected chi connectivity index (χ4v) is 7.21. The van der Waals surface area contributed by atoms with E-state index in [0.29, 0.717) is 41.0 Å². The number of esters is 1. The number of rotatable bonds is 6. The molecule has 1 heterocycles. The van der Waals surface area contributed by atoms with E-state index in [9.17, 15) is 14.4 Å². The predicted molar refractivity (Wildman–Crippen MR) is 124 cm³/mol. The van der Waals surface area contributed by atoms with Crippen LogP contribution in [0.25, 0.3) is 0 Å². The third-order valence-electron chi connectivity index (χ3n) is 5.38. The number of benzene rings is 3. The van der Waals surface area contributed by atoms with Crippen molar-refractivity contribution in [3.05, 3.63) is 107 Å². The number of halogens is 1. The van der Waals surface area contributed by atoms with Crippen LogP contribution in [0.3, 0.4) is 0 Å². The van der Waals surface area contributed by atoms with Gasteiger partial charge >= 0.3 is 198 Å². The van der Waals surface area contributed by atoms with Gasteiger partial charge in [0.25, 0.3) is 0 Å². The van der Waals surface area contributed by atoms with Gasteiger partial charge < -0.3 is 0 Å². The molecule has 0 aromatic heterocycles. The Hall–Kier alpha value is -2.72. The van der Waals surface area contributed by atoms with Crippen molar-refractivity contribution in [3.63, 3.8) is 0 Å². The second-order valence-electron chi connectivity index (χ2n) is 7.57. The summed E-state index contributed by atoms with van der Waals surface area (Å²) in [7, 11) is 0. The third kappa shape index (κ3) is 4.86. The molecule has 6 heteroatoms. The molecule has 32 heavy (non-hydrogen) atoms. The van der Waals surface area contributed by atoms with Crippen LogP contribution in [0.15, 0.2) is 84.9 Å². The summed E-state index contributed by atoms with van der Waals surface area (Å²) < 4.78 is 4.65. The number of hydrogen-bond acceptors (Lipinski definition) is 4. The van der Waals surface area contributed by atoms with Gasteiger partial charge in [-0.3, -0.25) is 0 Å². The van der Waals surface area contributed by atoms with E-state index in [1.165, 1.54) is 0 Å². The van der Waals surface area contributed by atoms with Gasteiger partial charge in [-0.1, -0.05) is 0 Å². The van der Waals surface area contributed by atoms with Gasteiger partial charge in [0.05, 0.1) is 0 Å². The maximum absolute atomic E-state index is 13.7. The average Bonchev–Trinajstić information content (AvgIpc) is 2.84. The molecule has 1 aliphatic heterocycles. The van der Waals surface area contributed by atoms with Crippen LogP contribution < -0.4 is 0 Å². The maximum atomic E-state index is 13.7. The molecule has 1 aliphatic rings. The Kier molecular flexibility index (Phi) is 6.90. The molecule has 3 aromatic carbocycles. The van der Waals surface area contributed by atoms with Crippen molar-refractivity contribution in [3.8, 4) is 0 Å². The molecule has 0 spiro atoms. The van der Waals surface area contributed by atoms with Gasteiger partial charge in [-0.25, -0.2) is 0 Å². The number of ketones is 2. The van der Waals surface area contributed by atoms with Gasteiger partial charge in [0, 0.05) is 0 Å². The van der Waals surface area contributed by atoms with Crippen LogP contribution >= 0.6 is 11.6 Å². The fraction of sp³-hybridized carbons (Fsp3) is 0.192. The summed E-state index contributed by atoms with van der Waals surface area (Å²) in [6.45, 7) is 0. The van der Waals surface area contributed by atoms with Crippen LogP contribution in [0, 0.1) is 0 Å². The first kappa shape index (κ1) is 22.5. The van der Waals surface area contributed by atoms with E-state index < -0.39 is 25.4 Å². The second-order valence-corrected chi connectivity index (χ2v) is 11.1. The molecule has 1 fully saturated rings. The molecule has 0 bridgehead atoms. The Morgan fingerprint density at radius 3 is 2.03 bits per heavy atom. The van der Waals surface area contributed by atoms with Gasteiger partial charge in [0.2, 0.25) is 0 Å². The molecule has 0 N–H and O–H groups in total. The normalized spacial score (nSPS) is 20.3. The average molecular weight is 512 g/mol. The first-order valence-electron chi connectivity index (χ1n) is 10.3. The molecule has 3 aromatic rings. The van der Waals surface area contributed by atoms with Crippen LogP contribution in [0.5, 0.6) is 0 Å². The zero-order valence-electron chi connectivity index (χ0n) is 17.2. The number of hydrogen-bond donors (Lipinski definition) is 0. The molecule has 162 valence electrons. The molecule has 1 saturated heterocycles. The van der Waals surface area contributed by atoms with Crippen LogP contribution in [0.2, 0.25) is 9.84 Å². The fourth-order valence-electron chi connectivity index (χ4n) is 3.73. The summed E-state index contributed by atoms with van der Waals surface area (Å²) in [5, 5.41) is 0.507. The first-order chi connectivity index (χ1) is 15.5. The van der Waals surface area contributed by atoms with Crippen LogP contribution in [-0.4, -0.2) is 37.0 Å². The second kappa shape index (κ2) is 9.83. The van der Waals surface area contributed by atoms with E-state index in [2.05, 4.69) is 0 Å². The number of carbonyl (C=O) groups is 3. The molecular weight excluding hydrogens is 491 g/mol. The van der Waals surface area contributed by atoms with Gasteiger partial charge in [0.1, 0.15) is 0 Å². The Labute approximate surface area is 198 Å². The van der Waals surface area contributed by atoms with Gasteiger partial charge in [-0.15, -0.1) is 0 Å². The molecule has 2 unspecified atom stereocenters. The monoisotopic (exact) mass is 512 g/mol. The predicted octanol–water partition coefficient (Wildman–Crippen LogP) is 5.64. The van der Waals surface area contributed by atoms with Crippen molar-refractivity contribution in [2.75, 3.05) is 0 Å². The van der Waals surface area contributed by atoms with E-state index >= 15 is 0 Å². The van der Waals surface area contributed by atoms with Gasteiger partial charge in [-0.2, -0.15) is 0 Å². The van der Waals surface area contributed by atoms with Crippen molar-refractivity contribution >= 4 is 44.1 Å². The van der Waals surface area contributed by atoms with Crippen molar-refractivity contribution in [2.24, 2.45) is 0 Å². The summed E-state index contributed by atoms with van der Waals surface area (Å²) >= 11 is 5.36. The van der Waals surface area contributed by atoms with Crippen LogP contribution in [0.4, 0.5) is 0 Å². The summed E-state index contributed by atoms with van der Waals surface area (Å²) in [5.41, 5.74) is 1.42. The van der Waals surface area contributed by atoms with E-state index in [1.807, 2.05) is 24.3 Å². The molecule has 2 atom stereocenters. The molecular formula is C26H21ClO4Se. The summed E-state index contributed by atoms with van der Waals surface area (Å²) in [6.07, 6.45) is 1.70. The number of Topliss-reactive ketones (excluding diaryl/α,β-unsaturated/α-hetero) is 2. The zero-order chi connectivity index (χ0) is 22.6. The van der Waals surface area contributed by atoms with E-state index in [-0.39, 0.29) is 16.4 Å². The molecule has 0 saturated carbocycles. The molecule has 0 amide bonds. The quantitative estimate of drug-likeness (QED) is 0.244. The minimum absolute atomic E-state index is 0.00178. The van der Waals surface area contributed by atoms with Crippen molar-refractivity contribution < 1.29 is 19.1 Å². The van der Waals surface area contributed by atoms with Crippen molar-refractivity contribution in [1.82, 2.24) is 0 Å². The molecule has 4 rings (SSSR count). The Balaban J connectivity index is 1.67. The van der Waals surface area contributed by atoms with Crippen LogP contribution in [0.1, 0.15) is 50.3 Å². The third-order valence-corrected chi connectivity index (χ3v) is 8.96. The SMILES string of the molecule is O=C(OC1(C(=O)c2ccccc2)CCCC(C(=O)c2ccccc2)[Se]1)c1ccc(Cl)cc1. The summed E-state index contributed by atoms with van der Waals surface area (Å²) in [6, 6.07) is 24.3. The Morgan fingerprint density at radius 1 is 0.812 bits per heavy atom. The van der Waals surface area contributed by atoms with E-state index in [4.69, 9.17) is 16.3 Å².